The number of nitrogens with one attached hydrogen (secondary N) is 1. The standard InChI is InChI=1S/C22H24ClNO5/c1-5-28-18-10-15-8-13(2)29-19(15)9-14(18)6-7-22(25)24-17-12-20(26-3)16(23)11-21(17)27-4/h6-7,9-13H,5,8H2,1-4H3,(H,24,25)/b7-6+/t13-/m0/s1. The van der Waals surface area contributed by atoms with Crippen LogP contribution in [0.1, 0.15) is 25.0 Å². The first-order valence-electron chi connectivity index (χ1n) is 9.32. The fourth-order valence-electron chi connectivity index (χ4n) is 3.16. The lowest BCUT2D eigenvalue weighted by atomic mass is 10.1. The molecule has 3 rings (SSSR count). The van der Waals surface area contributed by atoms with Crippen molar-refractivity contribution in [3.63, 3.8) is 0 Å². The van der Waals surface area contributed by atoms with Crippen molar-refractivity contribution in [2.24, 2.45) is 0 Å². The lowest BCUT2D eigenvalue weighted by molar-refractivity contribution is -0.111. The third-order valence-corrected chi connectivity index (χ3v) is 4.77. The van der Waals surface area contributed by atoms with E-state index < -0.39 is 0 Å². The molecule has 1 aliphatic rings. The number of hydrogen-bond donors (Lipinski definition) is 1. The summed E-state index contributed by atoms with van der Waals surface area (Å²) < 4.78 is 22.0. The maximum Gasteiger partial charge on any atom is 0.248 e. The number of halogens is 1. The van der Waals surface area contributed by atoms with Gasteiger partial charge < -0.3 is 24.3 Å². The fourth-order valence-corrected chi connectivity index (χ4v) is 3.39. The number of carbonyl (C=O) groups excluding carboxylic acids is 1. The summed E-state index contributed by atoms with van der Waals surface area (Å²) in [4.78, 5) is 12.5. The van der Waals surface area contributed by atoms with Crippen LogP contribution in [0.25, 0.3) is 6.08 Å². The molecular formula is C22H24ClNO5. The van der Waals surface area contributed by atoms with Crippen LogP contribution in [0, 0.1) is 0 Å². The molecular weight excluding hydrogens is 394 g/mol. The Morgan fingerprint density at radius 2 is 1.97 bits per heavy atom. The van der Waals surface area contributed by atoms with E-state index in [9.17, 15) is 4.79 Å². The molecule has 0 saturated heterocycles. The summed E-state index contributed by atoms with van der Waals surface area (Å²) in [6, 6.07) is 7.08. The summed E-state index contributed by atoms with van der Waals surface area (Å²) in [6.07, 6.45) is 4.11. The van der Waals surface area contributed by atoms with Crippen molar-refractivity contribution in [2.75, 3.05) is 26.1 Å². The van der Waals surface area contributed by atoms with Gasteiger partial charge in [0.05, 0.1) is 31.5 Å². The Kier molecular flexibility index (Phi) is 6.54. The van der Waals surface area contributed by atoms with Crippen LogP contribution < -0.4 is 24.3 Å². The van der Waals surface area contributed by atoms with Crippen LogP contribution in [-0.4, -0.2) is 32.8 Å². The van der Waals surface area contributed by atoms with Crippen molar-refractivity contribution in [3.05, 3.63) is 46.5 Å². The Hall–Kier alpha value is -2.86. The monoisotopic (exact) mass is 417 g/mol. The highest BCUT2D eigenvalue weighted by molar-refractivity contribution is 6.32. The number of hydrogen-bond acceptors (Lipinski definition) is 5. The number of benzene rings is 2. The topological polar surface area (TPSA) is 66.0 Å². The van der Waals surface area contributed by atoms with Crippen molar-refractivity contribution in [2.45, 2.75) is 26.4 Å². The van der Waals surface area contributed by atoms with Gasteiger partial charge in [0.1, 0.15) is 29.1 Å². The number of fused-ring (bicyclic) bond motifs is 1. The molecule has 6 nitrogen and oxygen atoms in total. The highest BCUT2D eigenvalue weighted by Gasteiger charge is 2.21. The van der Waals surface area contributed by atoms with Gasteiger partial charge in [-0.2, -0.15) is 0 Å². The third kappa shape index (κ3) is 4.77. The number of methoxy groups -OCH3 is 2. The minimum atomic E-state index is -0.329. The minimum Gasteiger partial charge on any atom is -0.495 e. The van der Waals surface area contributed by atoms with Crippen LogP contribution in [0.5, 0.6) is 23.0 Å². The van der Waals surface area contributed by atoms with Crippen LogP contribution in [0.2, 0.25) is 5.02 Å². The van der Waals surface area contributed by atoms with Crippen molar-refractivity contribution in [1.82, 2.24) is 0 Å². The molecule has 1 N–H and O–H groups in total. The van der Waals surface area contributed by atoms with E-state index in [-0.39, 0.29) is 12.0 Å². The Morgan fingerprint density at radius 1 is 1.21 bits per heavy atom. The summed E-state index contributed by atoms with van der Waals surface area (Å²) in [7, 11) is 3.01. The maximum absolute atomic E-state index is 12.5. The molecule has 1 aliphatic heterocycles. The SMILES string of the molecule is CCOc1cc2c(cc1/C=C/C(=O)Nc1cc(OC)c(Cl)cc1OC)O[C@@H](C)C2. The molecule has 0 aromatic heterocycles. The molecule has 1 heterocycles. The zero-order chi connectivity index (χ0) is 21.0. The molecule has 0 aliphatic carbocycles. The van der Waals surface area contributed by atoms with Gasteiger partial charge in [0.25, 0.3) is 0 Å². The molecule has 0 radical (unpaired) electrons. The first kappa shape index (κ1) is 20.9. The molecule has 0 spiro atoms. The second-order valence-electron chi connectivity index (χ2n) is 6.57. The van der Waals surface area contributed by atoms with Crippen molar-refractivity contribution in [3.8, 4) is 23.0 Å². The van der Waals surface area contributed by atoms with Crippen LogP contribution in [0.3, 0.4) is 0 Å². The molecule has 0 unspecified atom stereocenters. The maximum atomic E-state index is 12.5. The molecule has 7 heteroatoms. The predicted octanol–water partition coefficient (Wildman–Crippen LogP) is 4.73. The smallest absolute Gasteiger partial charge is 0.248 e. The van der Waals surface area contributed by atoms with E-state index in [2.05, 4.69) is 5.32 Å². The van der Waals surface area contributed by atoms with E-state index in [1.807, 2.05) is 26.0 Å². The highest BCUT2D eigenvalue weighted by Crippen LogP contribution is 2.37. The number of rotatable bonds is 7. The van der Waals surface area contributed by atoms with E-state index in [4.69, 9.17) is 30.5 Å². The Bertz CT molecular complexity index is 941. The second-order valence-corrected chi connectivity index (χ2v) is 6.98. The first-order valence-corrected chi connectivity index (χ1v) is 9.69. The molecule has 2 aromatic rings. The Labute approximate surface area is 175 Å². The average Bonchev–Trinajstić information content (AvgIpc) is 3.06. The van der Waals surface area contributed by atoms with Crippen LogP contribution in [0.4, 0.5) is 5.69 Å². The van der Waals surface area contributed by atoms with E-state index >= 15 is 0 Å². The van der Waals surface area contributed by atoms with Gasteiger partial charge in [-0.05, 0) is 32.1 Å². The van der Waals surface area contributed by atoms with Gasteiger partial charge in [-0.1, -0.05) is 11.6 Å². The normalized spacial score (nSPS) is 15.0. The van der Waals surface area contributed by atoms with Gasteiger partial charge in [-0.3, -0.25) is 4.79 Å². The number of ether oxygens (including phenoxy) is 4. The third-order valence-electron chi connectivity index (χ3n) is 4.47. The lowest BCUT2D eigenvalue weighted by Crippen LogP contribution is -2.09. The minimum absolute atomic E-state index is 0.134. The molecule has 1 amide bonds. The van der Waals surface area contributed by atoms with Crippen LogP contribution >= 0.6 is 11.6 Å². The number of anilines is 1. The number of amides is 1. The highest BCUT2D eigenvalue weighted by atomic mass is 35.5. The van der Waals surface area contributed by atoms with Gasteiger partial charge in [0.2, 0.25) is 5.91 Å². The molecule has 154 valence electrons. The largest absolute Gasteiger partial charge is 0.495 e. The molecule has 0 fully saturated rings. The molecule has 1 atom stereocenters. The average molecular weight is 418 g/mol. The van der Waals surface area contributed by atoms with E-state index in [0.29, 0.717) is 28.8 Å². The molecule has 2 aromatic carbocycles. The quantitative estimate of drug-likeness (QED) is 0.659. The van der Waals surface area contributed by atoms with Gasteiger partial charge in [0.15, 0.2) is 0 Å². The summed E-state index contributed by atoms with van der Waals surface area (Å²) >= 11 is 6.10. The zero-order valence-corrected chi connectivity index (χ0v) is 17.6. The molecule has 0 bridgehead atoms. The van der Waals surface area contributed by atoms with E-state index in [0.717, 1.165) is 29.0 Å². The van der Waals surface area contributed by atoms with Crippen LogP contribution in [0.15, 0.2) is 30.3 Å². The van der Waals surface area contributed by atoms with Crippen LogP contribution in [-0.2, 0) is 11.2 Å². The summed E-state index contributed by atoms with van der Waals surface area (Å²) in [5.74, 6) is 2.09. The van der Waals surface area contributed by atoms with Gasteiger partial charge in [-0.25, -0.2) is 0 Å². The fraction of sp³-hybridized carbons (Fsp3) is 0.318. The van der Waals surface area contributed by atoms with Crippen molar-refractivity contribution < 1.29 is 23.7 Å². The van der Waals surface area contributed by atoms with Crippen molar-refractivity contribution >= 4 is 29.3 Å². The van der Waals surface area contributed by atoms with Gasteiger partial charge in [-0.15, -0.1) is 0 Å². The van der Waals surface area contributed by atoms with E-state index in [1.165, 1.54) is 20.3 Å². The van der Waals surface area contributed by atoms with Gasteiger partial charge >= 0.3 is 0 Å². The zero-order valence-electron chi connectivity index (χ0n) is 16.9. The molecule has 0 saturated carbocycles. The Balaban J connectivity index is 1.82. The van der Waals surface area contributed by atoms with Gasteiger partial charge in [0, 0.05) is 35.8 Å². The predicted molar refractivity (Wildman–Crippen MR) is 114 cm³/mol. The van der Waals surface area contributed by atoms with E-state index in [1.54, 1.807) is 18.2 Å². The summed E-state index contributed by atoms with van der Waals surface area (Å²) in [5, 5.41) is 3.18. The first-order chi connectivity index (χ1) is 13.9. The van der Waals surface area contributed by atoms with Crippen molar-refractivity contribution in [1.29, 1.82) is 0 Å². The number of carbonyl (C=O) groups is 1. The summed E-state index contributed by atoms with van der Waals surface area (Å²) in [6.45, 7) is 4.48. The molecule has 29 heavy (non-hydrogen) atoms. The Morgan fingerprint density at radius 3 is 2.66 bits per heavy atom. The summed E-state index contributed by atoms with van der Waals surface area (Å²) in [5.41, 5.74) is 2.34. The lowest BCUT2D eigenvalue weighted by Gasteiger charge is -2.12. The second kappa shape index (κ2) is 9.09.